The van der Waals surface area contributed by atoms with Crippen molar-refractivity contribution in [3.8, 4) is 0 Å². The lowest BCUT2D eigenvalue weighted by atomic mass is 10.1. The Morgan fingerprint density at radius 3 is 3.00 bits per heavy atom. The molecule has 1 heterocycles. The van der Waals surface area contributed by atoms with Crippen LogP contribution in [0.4, 0.5) is 5.69 Å². The molecule has 1 aliphatic heterocycles. The molecule has 1 aliphatic rings. The van der Waals surface area contributed by atoms with Crippen LogP contribution < -0.4 is 10.2 Å². The highest BCUT2D eigenvalue weighted by Crippen LogP contribution is 2.24. The monoisotopic (exact) mass is 292 g/mol. The molecule has 1 saturated heterocycles. The lowest BCUT2D eigenvalue weighted by Crippen LogP contribution is -2.25. The van der Waals surface area contributed by atoms with Gasteiger partial charge in [-0.15, -0.1) is 0 Å². The Morgan fingerprint density at radius 2 is 2.29 bits per heavy atom. The lowest BCUT2D eigenvalue weighted by molar-refractivity contribution is -0.117. The van der Waals surface area contributed by atoms with Crippen molar-refractivity contribution in [1.29, 1.82) is 0 Å². The molecule has 1 fully saturated rings. The van der Waals surface area contributed by atoms with Gasteiger partial charge in [-0.3, -0.25) is 4.79 Å². The number of rotatable bonds is 8. The van der Waals surface area contributed by atoms with E-state index in [0.29, 0.717) is 19.6 Å². The van der Waals surface area contributed by atoms with Crippen LogP contribution in [0.2, 0.25) is 0 Å². The van der Waals surface area contributed by atoms with Crippen molar-refractivity contribution >= 4 is 11.6 Å². The van der Waals surface area contributed by atoms with Crippen LogP contribution >= 0.6 is 0 Å². The van der Waals surface area contributed by atoms with Gasteiger partial charge in [0, 0.05) is 31.2 Å². The van der Waals surface area contributed by atoms with Crippen LogP contribution in [0.1, 0.15) is 31.4 Å². The van der Waals surface area contributed by atoms with Crippen molar-refractivity contribution in [2.45, 2.75) is 25.8 Å². The smallest absolute Gasteiger partial charge is 0.227 e. The molecule has 1 atom stereocenters. The maximum absolute atomic E-state index is 11.8. The van der Waals surface area contributed by atoms with Crippen LogP contribution in [-0.2, 0) is 9.53 Å². The number of ether oxygens (including phenoxy) is 1. The molecule has 0 bridgehead atoms. The quantitative estimate of drug-likeness (QED) is 0.712. The summed E-state index contributed by atoms with van der Waals surface area (Å²) in [5.74, 6) is 0.213. The molecule has 0 saturated carbocycles. The Kier molecular flexibility index (Phi) is 6.17. The first-order valence-electron chi connectivity index (χ1n) is 7.54. The predicted molar refractivity (Wildman–Crippen MR) is 82.4 cm³/mol. The zero-order valence-electron chi connectivity index (χ0n) is 12.5. The molecule has 1 aromatic carbocycles. The van der Waals surface area contributed by atoms with E-state index >= 15 is 0 Å². The number of nitrogens with one attached hydrogen (secondary N) is 1. The molecule has 1 amide bonds. The molecule has 0 aliphatic carbocycles. The number of benzene rings is 1. The minimum Gasteiger partial charge on any atom is -0.394 e. The summed E-state index contributed by atoms with van der Waals surface area (Å²) >= 11 is 0. The van der Waals surface area contributed by atoms with E-state index in [9.17, 15) is 4.79 Å². The molecule has 5 heteroatoms. The lowest BCUT2D eigenvalue weighted by Gasteiger charge is -2.19. The Balaban J connectivity index is 1.89. The second-order valence-electron chi connectivity index (χ2n) is 5.26. The van der Waals surface area contributed by atoms with Gasteiger partial charge < -0.3 is 20.1 Å². The maximum Gasteiger partial charge on any atom is 0.227 e. The summed E-state index contributed by atoms with van der Waals surface area (Å²) in [6.45, 7) is 4.66. The summed E-state index contributed by atoms with van der Waals surface area (Å²) in [5, 5.41) is 12.0. The van der Waals surface area contributed by atoms with Crippen LogP contribution in [0.3, 0.4) is 0 Å². The number of carbonyl (C=O) groups excluding carboxylic acids is 1. The summed E-state index contributed by atoms with van der Waals surface area (Å²) in [7, 11) is 0. The third-order valence-electron chi connectivity index (χ3n) is 3.69. The number of amides is 1. The summed E-state index contributed by atoms with van der Waals surface area (Å²) in [6, 6.07) is 8.33. The molecule has 0 radical (unpaired) electrons. The van der Waals surface area contributed by atoms with Gasteiger partial charge in [0.15, 0.2) is 0 Å². The average molecular weight is 292 g/mol. The van der Waals surface area contributed by atoms with Crippen molar-refractivity contribution in [1.82, 2.24) is 5.32 Å². The predicted octanol–water partition coefficient (Wildman–Crippen LogP) is 1.47. The number of nitrogens with zero attached hydrogens (tertiary/aromatic N) is 1. The van der Waals surface area contributed by atoms with Gasteiger partial charge in [0.1, 0.15) is 0 Å². The molecule has 116 valence electrons. The Bertz CT molecular complexity index is 465. The molecular weight excluding hydrogens is 268 g/mol. The van der Waals surface area contributed by atoms with Gasteiger partial charge in [0.05, 0.1) is 19.8 Å². The third-order valence-corrected chi connectivity index (χ3v) is 3.69. The third kappa shape index (κ3) is 4.52. The van der Waals surface area contributed by atoms with Crippen LogP contribution in [0, 0.1) is 0 Å². The van der Waals surface area contributed by atoms with Gasteiger partial charge in [0.2, 0.25) is 5.91 Å². The zero-order valence-corrected chi connectivity index (χ0v) is 12.5. The van der Waals surface area contributed by atoms with Gasteiger partial charge in [-0.1, -0.05) is 12.1 Å². The number of anilines is 1. The molecule has 1 unspecified atom stereocenters. The summed E-state index contributed by atoms with van der Waals surface area (Å²) in [5.41, 5.74) is 2.15. The van der Waals surface area contributed by atoms with E-state index in [0.717, 1.165) is 30.8 Å². The van der Waals surface area contributed by atoms with E-state index < -0.39 is 0 Å². The van der Waals surface area contributed by atoms with E-state index in [1.165, 1.54) is 0 Å². The fourth-order valence-electron chi connectivity index (χ4n) is 2.52. The van der Waals surface area contributed by atoms with Gasteiger partial charge in [0.25, 0.3) is 0 Å². The van der Waals surface area contributed by atoms with Crippen molar-refractivity contribution in [3.05, 3.63) is 29.8 Å². The van der Waals surface area contributed by atoms with E-state index in [1.54, 1.807) is 0 Å². The summed E-state index contributed by atoms with van der Waals surface area (Å²) in [4.78, 5) is 13.7. The largest absolute Gasteiger partial charge is 0.394 e. The van der Waals surface area contributed by atoms with E-state index in [1.807, 2.05) is 17.0 Å². The fourth-order valence-corrected chi connectivity index (χ4v) is 2.52. The molecule has 2 rings (SSSR count). The molecule has 0 spiro atoms. The van der Waals surface area contributed by atoms with Crippen LogP contribution in [-0.4, -0.2) is 43.9 Å². The zero-order chi connectivity index (χ0) is 15.1. The number of hydrogen-bond acceptors (Lipinski definition) is 4. The molecular formula is C16H24N2O3. The van der Waals surface area contributed by atoms with Crippen LogP contribution in [0.15, 0.2) is 24.3 Å². The number of aliphatic hydroxyl groups excluding tert-OH is 1. The van der Waals surface area contributed by atoms with E-state index in [4.69, 9.17) is 9.84 Å². The van der Waals surface area contributed by atoms with Gasteiger partial charge in [-0.25, -0.2) is 0 Å². The van der Waals surface area contributed by atoms with Crippen molar-refractivity contribution in [2.75, 3.05) is 37.8 Å². The van der Waals surface area contributed by atoms with Crippen molar-refractivity contribution in [3.63, 3.8) is 0 Å². The number of hydrogen-bond donors (Lipinski definition) is 2. The number of carbonyl (C=O) groups is 1. The topological polar surface area (TPSA) is 61.8 Å². The standard InChI is InChI=1S/C16H24N2O3/c1-13(17-7-10-21-11-9-19)14-4-2-5-15(12-14)18-8-3-6-16(18)20/h2,4-5,12-13,17,19H,3,6-11H2,1H3. The highest BCUT2D eigenvalue weighted by Gasteiger charge is 2.21. The first-order chi connectivity index (χ1) is 10.2. The Labute approximate surface area is 125 Å². The minimum atomic E-state index is 0.0570. The van der Waals surface area contributed by atoms with Crippen LogP contribution in [0.5, 0.6) is 0 Å². The highest BCUT2D eigenvalue weighted by molar-refractivity contribution is 5.95. The first-order valence-corrected chi connectivity index (χ1v) is 7.54. The van der Waals surface area contributed by atoms with E-state index in [2.05, 4.69) is 24.4 Å². The fraction of sp³-hybridized carbons (Fsp3) is 0.562. The van der Waals surface area contributed by atoms with Crippen LogP contribution in [0.25, 0.3) is 0 Å². The first kappa shape index (κ1) is 15.9. The normalized spacial score (nSPS) is 16.5. The average Bonchev–Trinajstić information content (AvgIpc) is 2.93. The van der Waals surface area contributed by atoms with E-state index in [-0.39, 0.29) is 18.6 Å². The molecule has 0 aromatic heterocycles. The molecule has 5 nitrogen and oxygen atoms in total. The SMILES string of the molecule is CC(NCCOCCO)c1cccc(N2CCCC2=O)c1. The van der Waals surface area contributed by atoms with Gasteiger partial charge >= 0.3 is 0 Å². The molecule has 21 heavy (non-hydrogen) atoms. The summed E-state index contributed by atoms with van der Waals surface area (Å²) in [6.07, 6.45) is 1.60. The van der Waals surface area contributed by atoms with Gasteiger partial charge in [-0.05, 0) is 31.0 Å². The Hall–Kier alpha value is -1.43. The second kappa shape index (κ2) is 8.12. The Morgan fingerprint density at radius 1 is 1.43 bits per heavy atom. The minimum absolute atomic E-state index is 0.0570. The molecule has 2 N–H and O–H groups in total. The second-order valence-corrected chi connectivity index (χ2v) is 5.26. The summed E-state index contributed by atoms with van der Waals surface area (Å²) < 4.78 is 5.22. The maximum atomic E-state index is 11.8. The highest BCUT2D eigenvalue weighted by atomic mass is 16.5. The van der Waals surface area contributed by atoms with Crippen molar-refractivity contribution in [2.24, 2.45) is 0 Å². The molecule has 1 aromatic rings. The number of aliphatic hydroxyl groups is 1. The van der Waals surface area contributed by atoms with Gasteiger partial charge in [-0.2, -0.15) is 0 Å². The van der Waals surface area contributed by atoms with Crippen molar-refractivity contribution < 1.29 is 14.6 Å².